The molecular formula is C22H23N3O5. The Kier molecular flexibility index (Phi) is 5.56. The lowest BCUT2D eigenvalue weighted by molar-refractivity contribution is -0.118. The van der Waals surface area contributed by atoms with Gasteiger partial charge >= 0.3 is 5.97 Å². The summed E-state index contributed by atoms with van der Waals surface area (Å²) >= 11 is 0. The molecular weight excluding hydrogens is 386 g/mol. The quantitative estimate of drug-likeness (QED) is 0.603. The van der Waals surface area contributed by atoms with Gasteiger partial charge in [0.15, 0.2) is 6.61 Å². The number of methoxy groups -OCH3 is 1. The second-order valence-corrected chi connectivity index (χ2v) is 7.21. The molecule has 1 aliphatic rings. The van der Waals surface area contributed by atoms with Crippen molar-refractivity contribution in [3.05, 3.63) is 64.9 Å². The van der Waals surface area contributed by atoms with E-state index in [1.165, 1.54) is 23.8 Å². The molecule has 4 rings (SSSR count). The van der Waals surface area contributed by atoms with Crippen LogP contribution in [-0.2, 0) is 28.9 Å². The average Bonchev–Trinajstić information content (AvgIpc) is 3.49. The minimum absolute atomic E-state index is 0.0681. The van der Waals surface area contributed by atoms with Gasteiger partial charge in [0.1, 0.15) is 11.5 Å². The van der Waals surface area contributed by atoms with Crippen molar-refractivity contribution < 1.29 is 23.5 Å². The van der Waals surface area contributed by atoms with E-state index in [9.17, 15) is 9.59 Å². The summed E-state index contributed by atoms with van der Waals surface area (Å²) in [6.07, 6.45) is 6.41. The number of ether oxygens (including phenoxy) is 2. The molecule has 156 valence electrons. The fraction of sp³-hybridized carbons (Fsp3) is 0.318. The number of hydrogen-bond acceptors (Lipinski definition) is 6. The molecule has 0 spiro atoms. The van der Waals surface area contributed by atoms with Crippen LogP contribution in [-0.4, -0.2) is 35.4 Å². The number of nitrogens with zero attached hydrogens (tertiary/aromatic N) is 2. The molecule has 3 aromatic rings. The van der Waals surface area contributed by atoms with E-state index >= 15 is 0 Å². The largest absolute Gasteiger partial charge is 0.483 e. The molecule has 2 aromatic heterocycles. The highest BCUT2D eigenvalue weighted by molar-refractivity contribution is 5.91. The first-order valence-electron chi connectivity index (χ1n) is 9.77. The summed E-state index contributed by atoms with van der Waals surface area (Å²) in [6, 6.07) is 7.21. The second kappa shape index (κ2) is 8.44. The topological polar surface area (TPSA) is 95.6 Å². The number of furan rings is 1. The van der Waals surface area contributed by atoms with E-state index in [1.54, 1.807) is 29.2 Å². The zero-order chi connectivity index (χ0) is 21.1. The molecule has 8 heteroatoms. The van der Waals surface area contributed by atoms with Crippen LogP contribution in [0, 0.1) is 6.92 Å². The molecule has 1 N–H and O–H groups in total. The number of aromatic nitrogens is 2. The number of hydrogen-bond donors (Lipinski definition) is 1. The highest BCUT2D eigenvalue weighted by atomic mass is 16.5. The van der Waals surface area contributed by atoms with Crippen LogP contribution in [0.5, 0.6) is 5.75 Å². The number of benzene rings is 1. The van der Waals surface area contributed by atoms with Crippen LogP contribution in [0.15, 0.2) is 41.1 Å². The zero-order valence-electron chi connectivity index (χ0n) is 16.9. The highest BCUT2D eigenvalue weighted by Crippen LogP contribution is 2.32. The van der Waals surface area contributed by atoms with Crippen LogP contribution in [0.1, 0.15) is 39.4 Å². The van der Waals surface area contributed by atoms with Crippen molar-refractivity contribution in [3.63, 3.8) is 0 Å². The molecule has 0 unspecified atom stereocenters. The van der Waals surface area contributed by atoms with Crippen molar-refractivity contribution in [1.29, 1.82) is 0 Å². The van der Waals surface area contributed by atoms with Gasteiger partial charge < -0.3 is 19.2 Å². The van der Waals surface area contributed by atoms with Crippen molar-refractivity contribution in [2.75, 3.05) is 19.0 Å². The smallest absolute Gasteiger partial charge is 0.373 e. The first kappa shape index (κ1) is 19.8. The molecule has 0 atom stereocenters. The normalized spacial score (nSPS) is 12.5. The SMILES string of the molecule is COC(=O)c1ccc(Cn2cc(NC(=O)COc3ccc(C)c4c3CCC4)cn2)o1. The number of fused-ring (bicyclic) bond motifs is 1. The van der Waals surface area contributed by atoms with Gasteiger partial charge in [0.2, 0.25) is 5.76 Å². The predicted octanol–water partition coefficient (Wildman–Crippen LogP) is 3.13. The van der Waals surface area contributed by atoms with E-state index in [0.29, 0.717) is 18.0 Å². The summed E-state index contributed by atoms with van der Waals surface area (Å²) in [7, 11) is 1.29. The first-order valence-corrected chi connectivity index (χ1v) is 9.77. The molecule has 8 nitrogen and oxygen atoms in total. The molecule has 0 bridgehead atoms. The Hall–Kier alpha value is -3.55. The van der Waals surface area contributed by atoms with E-state index in [4.69, 9.17) is 9.15 Å². The fourth-order valence-electron chi connectivity index (χ4n) is 3.68. The Morgan fingerprint density at radius 2 is 2.03 bits per heavy atom. The van der Waals surface area contributed by atoms with Crippen LogP contribution < -0.4 is 10.1 Å². The summed E-state index contributed by atoms with van der Waals surface area (Å²) in [4.78, 5) is 23.7. The lowest BCUT2D eigenvalue weighted by atomic mass is 10.0. The number of anilines is 1. The molecule has 0 aliphatic heterocycles. The maximum absolute atomic E-state index is 12.3. The third-order valence-corrected chi connectivity index (χ3v) is 5.12. The molecule has 1 aromatic carbocycles. The van der Waals surface area contributed by atoms with E-state index in [-0.39, 0.29) is 18.3 Å². The third-order valence-electron chi connectivity index (χ3n) is 5.12. The standard InChI is InChI=1S/C22H23N3O5/c1-14-6-8-19(18-5-3-4-17(14)18)29-13-21(26)24-15-10-23-25(11-15)12-16-7-9-20(30-16)22(27)28-2/h6-11H,3-5,12-13H2,1-2H3,(H,24,26). The third kappa shape index (κ3) is 4.22. The second-order valence-electron chi connectivity index (χ2n) is 7.21. The van der Waals surface area contributed by atoms with Gasteiger partial charge in [-0.3, -0.25) is 9.48 Å². The molecule has 2 heterocycles. The van der Waals surface area contributed by atoms with Gasteiger partial charge in [0.05, 0.1) is 25.5 Å². The van der Waals surface area contributed by atoms with Crippen LogP contribution in [0.25, 0.3) is 0 Å². The average molecular weight is 409 g/mol. The Morgan fingerprint density at radius 3 is 2.87 bits per heavy atom. The van der Waals surface area contributed by atoms with E-state index in [1.807, 2.05) is 12.1 Å². The minimum Gasteiger partial charge on any atom is -0.483 e. The van der Waals surface area contributed by atoms with Crippen molar-refractivity contribution in [1.82, 2.24) is 9.78 Å². The van der Waals surface area contributed by atoms with Gasteiger partial charge in [-0.1, -0.05) is 6.07 Å². The monoisotopic (exact) mass is 409 g/mol. The van der Waals surface area contributed by atoms with E-state index in [0.717, 1.165) is 25.0 Å². The van der Waals surface area contributed by atoms with Gasteiger partial charge in [0.25, 0.3) is 5.91 Å². The van der Waals surface area contributed by atoms with Crippen molar-refractivity contribution >= 4 is 17.6 Å². The Labute approximate surface area is 173 Å². The highest BCUT2D eigenvalue weighted by Gasteiger charge is 2.18. The summed E-state index contributed by atoms with van der Waals surface area (Å²) < 4.78 is 17.4. The maximum Gasteiger partial charge on any atom is 0.373 e. The molecule has 0 saturated heterocycles. The molecule has 1 aliphatic carbocycles. The van der Waals surface area contributed by atoms with Crippen LogP contribution >= 0.6 is 0 Å². The molecule has 0 saturated carbocycles. The van der Waals surface area contributed by atoms with Crippen molar-refractivity contribution in [2.45, 2.75) is 32.7 Å². The van der Waals surface area contributed by atoms with Gasteiger partial charge in [-0.2, -0.15) is 5.10 Å². The Morgan fingerprint density at radius 1 is 1.20 bits per heavy atom. The van der Waals surface area contributed by atoms with Crippen LogP contribution in [0.4, 0.5) is 5.69 Å². The predicted molar refractivity (Wildman–Crippen MR) is 109 cm³/mol. The Balaban J connectivity index is 1.32. The molecule has 30 heavy (non-hydrogen) atoms. The number of esters is 1. The van der Waals surface area contributed by atoms with E-state index in [2.05, 4.69) is 22.1 Å². The number of nitrogens with one attached hydrogen (secondary N) is 1. The number of aryl methyl sites for hydroxylation is 1. The molecule has 0 radical (unpaired) electrons. The zero-order valence-corrected chi connectivity index (χ0v) is 16.9. The lowest BCUT2D eigenvalue weighted by Crippen LogP contribution is -2.20. The maximum atomic E-state index is 12.3. The summed E-state index contributed by atoms with van der Waals surface area (Å²) in [5.74, 6) is 0.681. The van der Waals surface area contributed by atoms with Gasteiger partial charge in [-0.15, -0.1) is 0 Å². The van der Waals surface area contributed by atoms with Crippen molar-refractivity contribution in [3.8, 4) is 5.75 Å². The van der Waals surface area contributed by atoms with Gasteiger partial charge in [0, 0.05) is 6.20 Å². The number of carbonyl (C=O) groups excluding carboxylic acids is 2. The van der Waals surface area contributed by atoms with Crippen LogP contribution in [0.3, 0.4) is 0 Å². The fourth-order valence-corrected chi connectivity index (χ4v) is 3.68. The first-order chi connectivity index (χ1) is 14.5. The summed E-state index contributed by atoms with van der Waals surface area (Å²) in [5.41, 5.74) is 4.40. The molecule has 1 amide bonds. The van der Waals surface area contributed by atoms with Crippen LogP contribution in [0.2, 0.25) is 0 Å². The lowest BCUT2D eigenvalue weighted by Gasteiger charge is -2.12. The summed E-state index contributed by atoms with van der Waals surface area (Å²) in [5, 5.41) is 6.98. The van der Waals surface area contributed by atoms with Gasteiger partial charge in [-0.05, 0) is 61.1 Å². The minimum atomic E-state index is -0.533. The molecule has 0 fully saturated rings. The number of amides is 1. The Bertz CT molecular complexity index is 1080. The summed E-state index contributed by atoms with van der Waals surface area (Å²) in [6.45, 7) is 2.36. The number of carbonyl (C=O) groups is 2. The van der Waals surface area contributed by atoms with Gasteiger partial charge in [-0.25, -0.2) is 4.79 Å². The van der Waals surface area contributed by atoms with E-state index < -0.39 is 5.97 Å². The van der Waals surface area contributed by atoms with Crippen molar-refractivity contribution in [2.24, 2.45) is 0 Å². The number of rotatable bonds is 7.